The van der Waals surface area contributed by atoms with Crippen molar-refractivity contribution in [2.24, 2.45) is 13.0 Å². The zero-order valence-corrected chi connectivity index (χ0v) is 29.5. The predicted molar refractivity (Wildman–Crippen MR) is 193 cm³/mol. The zero-order valence-electron chi connectivity index (χ0n) is 29.5. The lowest BCUT2D eigenvalue weighted by atomic mass is 9.84. The molecule has 1 atom stereocenters. The number of nitrogens with one attached hydrogen (secondary N) is 1. The Labute approximate surface area is 295 Å². The van der Waals surface area contributed by atoms with Crippen molar-refractivity contribution in [1.82, 2.24) is 19.4 Å². The van der Waals surface area contributed by atoms with Crippen LogP contribution in [0.15, 0.2) is 65.4 Å². The topological polar surface area (TPSA) is 119 Å². The summed E-state index contributed by atoms with van der Waals surface area (Å²) >= 11 is 0. The van der Waals surface area contributed by atoms with Crippen LogP contribution in [-0.4, -0.2) is 71.2 Å². The Hall–Kier alpha value is -5.20. The number of anilines is 3. The Kier molecular flexibility index (Phi) is 9.07. The van der Waals surface area contributed by atoms with E-state index in [4.69, 9.17) is 14.5 Å². The minimum atomic E-state index is -0.549. The smallest absolute Gasteiger partial charge is 0.274 e. The molecular weight excluding hydrogens is 651 g/mol. The summed E-state index contributed by atoms with van der Waals surface area (Å²) in [6, 6.07) is 10.2. The maximum absolute atomic E-state index is 15.9. The van der Waals surface area contributed by atoms with Crippen LogP contribution in [-0.2, 0) is 28.5 Å². The van der Waals surface area contributed by atoms with Gasteiger partial charge in [-0.25, -0.2) is 9.37 Å². The monoisotopic (exact) mass is 692 g/mol. The zero-order chi connectivity index (χ0) is 36.0. The fourth-order valence-corrected chi connectivity index (χ4v) is 6.71. The Morgan fingerprint density at radius 3 is 2.59 bits per heavy atom. The maximum atomic E-state index is 15.9. The number of carbonyl (C=O) groups is 2. The van der Waals surface area contributed by atoms with E-state index in [9.17, 15) is 14.4 Å². The third-order valence-corrected chi connectivity index (χ3v) is 9.67. The molecule has 7 rings (SSSR count). The standard InChI is InChI=1S/C39H41FN6O5/c1-39(2,3)28-16-25-14-24-15-26(24)21-46(38(49)34(25)30(40)18-28)32-8-9-41-35(29(32)22-50-5)27-17-31(37(48)44(4)20-27)43-33-7-6-23(19-42-33)36(47)45-10-12-51-13-11-45/h6-9,14,16-20,26H,10-13,15,21-22H2,1-5H3,(H,42,43). The number of aromatic nitrogens is 3. The number of morpholine rings is 1. The summed E-state index contributed by atoms with van der Waals surface area (Å²) in [6.07, 6.45) is 7.58. The molecule has 1 saturated heterocycles. The molecular formula is C39H41FN6O5. The fourth-order valence-electron chi connectivity index (χ4n) is 6.71. The van der Waals surface area contributed by atoms with E-state index in [1.165, 1.54) is 22.4 Å². The number of pyridine rings is 3. The fraction of sp³-hybridized carbons (Fsp3) is 0.359. The number of carbonyl (C=O) groups excluding carboxylic acids is 2. The Morgan fingerprint density at radius 2 is 1.88 bits per heavy atom. The van der Waals surface area contributed by atoms with Crippen LogP contribution in [0.5, 0.6) is 0 Å². The van der Waals surface area contributed by atoms with E-state index in [-0.39, 0.29) is 40.7 Å². The quantitative estimate of drug-likeness (QED) is 0.262. The van der Waals surface area contributed by atoms with Crippen molar-refractivity contribution in [1.29, 1.82) is 0 Å². The first kappa shape index (κ1) is 34.3. The van der Waals surface area contributed by atoms with Gasteiger partial charge in [-0.1, -0.05) is 38.5 Å². The average molecular weight is 693 g/mol. The van der Waals surface area contributed by atoms with Gasteiger partial charge >= 0.3 is 0 Å². The number of hydrogen-bond donors (Lipinski definition) is 1. The molecule has 2 aliphatic heterocycles. The minimum absolute atomic E-state index is 0.0429. The summed E-state index contributed by atoms with van der Waals surface area (Å²) in [5, 5.41) is 3.10. The number of rotatable bonds is 7. The molecule has 264 valence electrons. The first-order valence-corrected chi connectivity index (χ1v) is 17.1. The maximum Gasteiger partial charge on any atom is 0.274 e. The Balaban J connectivity index is 1.24. The summed E-state index contributed by atoms with van der Waals surface area (Å²) in [4.78, 5) is 53.1. The van der Waals surface area contributed by atoms with E-state index >= 15 is 4.39 Å². The van der Waals surface area contributed by atoms with Gasteiger partial charge in [0.05, 0.1) is 42.3 Å². The second kappa shape index (κ2) is 13.5. The van der Waals surface area contributed by atoms with E-state index in [0.717, 1.165) is 12.0 Å². The predicted octanol–water partition coefficient (Wildman–Crippen LogP) is 5.71. The molecule has 5 heterocycles. The van der Waals surface area contributed by atoms with Gasteiger partial charge in [-0.05, 0) is 53.3 Å². The second-order valence-corrected chi connectivity index (χ2v) is 14.3. The number of ether oxygens (including phenoxy) is 2. The van der Waals surface area contributed by atoms with Crippen molar-refractivity contribution < 1.29 is 23.5 Å². The van der Waals surface area contributed by atoms with Crippen LogP contribution in [0.3, 0.4) is 0 Å². The van der Waals surface area contributed by atoms with Gasteiger partial charge in [-0.2, -0.15) is 0 Å². The van der Waals surface area contributed by atoms with E-state index in [2.05, 4.69) is 10.3 Å². The van der Waals surface area contributed by atoms with Crippen molar-refractivity contribution in [2.75, 3.05) is 50.2 Å². The van der Waals surface area contributed by atoms with Crippen molar-refractivity contribution in [3.05, 3.63) is 105 Å². The molecule has 1 N–H and O–H groups in total. The van der Waals surface area contributed by atoms with Gasteiger partial charge in [0.15, 0.2) is 0 Å². The van der Waals surface area contributed by atoms with Gasteiger partial charge < -0.3 is 29.2 Å². The van der Waals surface area contributed by atoms with Crippen LogP contribution in [0, 0.1) is 11.7 Å². The summed E-state index contributed by atoms with van der Waals surface area (Å²) in [5.41, 5.74) is 5.04. The number of amides is 2. The number of nitrogens with zero attached hydrogens (tertiary/aromatic N) is 5. The summed E-state index contributed by atoms with van der Waals surface area (Å²) < 4.78 is 28.4. The molecule has 1 unspecified atom stereocenters. The molecule has 2 amide bonds. The van der Waals surface area contributed by atoms with Crippen LogP contribution >= 0.6 is 0 Å². The van der Waals surface area contributed by atoms with E-state index in [1.54, 1.807) is 60.6 Å². The highest BCUT2D eigenvalue weighted by atomic mass is 19.1. The summed E-state index contributed by atoms with van der Waals surface area (Å²) in [7, 11) is 3.20. The SMILES string of the molecule is COCc1c(N2CC3CC3=Cc3cc(C(C)(C)C)cc(F)c3C2=O)ccnc1-c1cc(Nc2ccc(C(=O)N3CCOCC3)cn2)c(=O)n(C)c1. The molecule has 0 radical (unpaired) electrons. The second-order valence-electron chi connectivity index (χ2n) is 14.3. The number of methoxy groups -OCH3 is 1. The molecule has 1 aromatic carbocycles. The van der Waals surface area contributed by atoms with Crippen LogP contribution in [0.4, 0.5) is 21.6 Å². The van der Waals surface area contributed by atoms with Crippen LogP contribution in [0.1, 0.15) is 64.6 Å². The van der Waals surface area contributed by atoms with Gasteiger partial charge in [0, 0.05) is 69.4 Å². The van der Waals surface area contributed by atoms with Crippen LogP contribution in [0.2, 0.25) is 0 Å². The number of hydrogen-bond acceptors (Lipinski definition) is 8. The molecule has 4 aromatic rings. The molecule has 1 saturated carbocycles. The van der Waals surface area contributed by atoms with E-state index in [1.807, 2.05) is 32.9 Å². The molecule has 0 bridgehead atoms. The van der Waals surface area contributed by atoms with Gasteiger partial charge in [0.1, 0.15) is 17.3 Å². The van der Waals surface area contributed by atoms with Crippen LogP contribution < -0.4 is 15.8 Å². The first-order valence-electron chi connectivity index (χ1n) is 17.1. The van der Waals surface area contributed by atoms with Crippen molar-refractivity contribution in [3.63, 3.8) is 0 Å². The molecule has 2 fully saturated rings. The van der Waals surface area contributed by atoms with Crippen molar-refractivity contribution in [3.8, 4) is 11.3 Å². The van der Waals surface area contributed by atoms with E-state index in [0.29, 0.717) is 72.3 Å². The number of fused-ring (bicyclic) bond motifs is 2. The highest BCUT2D eigenvalue weighted by molar-refractivity contribution is 6.10. The van der Waals surface area contributed by atoms with Gasteiger partial charge in [0.25, 0.3) is 17.4 Å². The average Bonchev–Trinajstić information content (AvgIpc) is 3.84. The minimum Gasteiger partial charge on any atom is -0.380 e. The summed E-state index contributed by atoms with van der Waals surface area (Å²) in [5.74, 6) is -0.556. The highest BCUT2D eigenvalue weighted by Gasteiger charge is 2.39. The molecule has 12 heteroatoms. The third kappa shape index (κ3) is 6.81. The molecule has 11 nitrogen and oxygen atoms in total. The van der Waals surface area contributed by atoms with Crippen molar-refractivity contribution >= 4 is 35.1 Å². The first-order chi connectivity index (χ1) is 24.4. The molecule has 0 spiro atoms. The normalized spacial score (nSPS) is 17.3. The molecule has 51 heavy (non-hydrogen) atoms. The van der Waals surface area contributed by atoms with Gasteiger partial charge in [0.2, 0.25) is 0 Å². The highest BCUT2D eigenvalue weighted by Crippen LogP contribution is 2.45. The van der Waals surface area contributed by atoms with Crippen LogP contribution in [0.25, 0.3) is 17.3 Å². The lowest BCUT2D eigenvalue weighted by Gasteiger charge is -2.29. The lowest BCUT2D eigenvalue weighted by molar-refractivity contribution is 0.0302. The largest absolute Gasteiger partial charge is 0.380 e. The van der Waals surface area contributed by atoms with Gasteiger partial charge in [-0.3, -0.25) is 19.4 Å². The van der Waals surface area contributed by atoms with Gasteiger partial charge in [-0.15, -0.1) is 0 Å². The summed E-state index contributed by atoms with van der Waals surface area (Å²) in [6.45, 7) is 8.62. The van der Waals surface area contributed by atoms with E-state index < -0.39 is 11.7 Å². The van der Waals surface area contributed by atoms with Crippen molar-refractivity contribution in [2.45, 2.75) is 39.2 Å². The third-order valence-electron chi connectivity index (χ3n) is 9.67. The number of aryl methyl sites for hydroxylation is 1. The molecule has 1 aliphatic carbocycles. The molecule has 3 aromatic heterocycles. The molecule has 3 aliphatic rings. The lowest BCUT2D eigenvalue weighted by Crippen LogP contribution is -2.40. The Bertz CT molecular complexity index is 2110. The Morgan fingerprint density at radius 1 is 1.10 bits per heavy atom. The number of halogens is 1. The number of benzene rings is 1.